The van der Waals surface area contributed by atoms with Crippen LogP contribution in [0.1, 0.15) is 24.0 Å². The predicted molar refractivity (Wildman–Crippen MR) is 102 cm³/mol. The van der Waals surface area contributed by atoms with E-state index in [2.05, 4.69) is 5.32 Å². The molecule has 0 aliphatic rings. The van der Waals surface area contributed by atoms with Gasteiger partial charge in [-0.15, -0.1) is 0 Å². The number of halogens is 1. The summed E-state index contributed by atoms with van der Waals surface area (Å²) >= 11 is 5.87. The van der Waals surface area contributed by atoms with E-state index >= 15 is 0 Å². The number of aryl methyl sites for hydroxylation is 1. The first-order valence-corrected chi connectivity index (χ1v) is 8.75. The van der Waals surface area contributed by atoms with Gasteiger partial charge in [-0.05, 0) is 48.2 Å². The molecule has 0 aliphatic carbocycles. The van der Waals surface area contributed by atoms with Crippen LogP contribution < -0.4 is 19.5 Å². The molecule has 0 saturated carbocycles. The first-order chi connectivity index (χ1) is 12.6. The number of methoxy groups -OCH3 is 3. The molecule has 1 N–H and O–H groups in total. The molecule has 2 aromatic carbocycles. The topological polar surface area (TPSA) is 56.8 Å². The predicted octanol–water partition coefficient (Wildman–Crippen LogP) is 4.00. The van der Waals surface area contributed by atoms with E-state index in [1.54, 1.807) is 21.3 Å². The number of nitrogens with one attached hydrogen (secondary N) is 1. The van der Waals surface area contributed by atoms with Gasteiger partial charge in [0.25, 0.3) is 0 Å². The van der Waals surface area contributed by atoms with E-state index in [1.165, 1.54) is 5.56 Å². The number of carbonyl (C=O) groups is 1. The quantitative estimate of drug-likeness (QED) is 0.717. The standard InChI is InChI=1S/C20H24ClNO4/c1-24-17-11-15(12-18(25-2)20(17)26-3)13-22-19(23)6-4-5-14-7-9-16(21)10-8-14/h7-12H,4-6,13H2,1-3H3,(H,22,23). The van der Waals surface area contributed by atoms with Crippen LogP contribution in [0.3, 0.4) is 0 Å². The van der Waals surface area contributed by atoms with Gasteiger partial charge in [-0.3, -0.25) is 4.79 Å². The Hall–Kier alpha value is -2.40. The number of amides is 1. The van der Waals surface area contributed by atoms with Crippen LogP contribution in [0.2, 0.25) is 5.02 Å². The minimum atomic E-state index is 0.00714. The Kier molecular flexibility index (Phi) is 7.60. The molecule has 0 fully saturated rings. The minimum Gasteiger partial charge on any atom is -0.493 e. The molecular formula is C20H24ClNO4. The summed E-state index contributed by atoms with van der Waals surface area (Å²) in [4.78, 5) is 12.1. The van der Waals surface area contributed by atoms with Crippen molar-refractivity contribution in [2.24, 2.45) is 0 Å². The SMILES string of the molecule is COc1cc(CNC(=O)CCCc2ccc(Cl)cc2)cc(OC)c1OC. The van der Waals surface area contributed by atoms with E-state index in [1.807, 2.05) is 36.4 Å². The van der Waals surface area contributed by atoms with E-state index in [9.17, 15) is 4.79 Å². The van der Waals surface area contributed by atoms with E-state index in [0.29, 0.717) is 30.2 Å². The number of ether oxygens (including phenoxy) is 3. The van der Waals surface area contributed by atoms with Gasteiger partial charge in [0.2, 0.25) is 11.7 Å². The van der Waals surface area contributed by atoms with Crippen molar-refractivity contribution in [3.05, 3.63) is 52.5 Å². The first-order valence-electron chi connectivity index (χ1n) is 8.37. The van der Waals surface area contributed by atoms with Crippen LogP contribution in [0.5, 0.6) is 17.2 Å². The highest BCUT2D eigenvalue weighted by molar-refractivity contribution is 6.30. The molecule has 0 unspecified atom stereocenters. The Labute approximate surface area is 159 Å². The van der Waals surface area contributed by atoms with Gasteiger partial charge in [-0.25, -0.2) is 0 Å². The number of hydrogen-bond acceptors (Lipinski definition) is 4. The first kappa shape index (κ1) is 19.9. The monoisotopic (exact) mass is 377 g/mol. The van der Waals surface area contributed by atoms with Gasteiger partial charge in [0.15, 0.2) is 11.5 Å². The average Bonchev–Trinajstić information content (AvgIpc) is 2.66. The third kappa shape index (κ3) is 5.56. The second kappa shape index (κ2) is 9.92. The molecule has 0 heterocycles. The summed E-state index contributed by atoms with van der Waals surface area (Å²) in [5, 5.41) is 3.64. The van der Waals surface area contributed by atoms with Crippen molar-refractivity contribution in [1.82, 2.24) is 5.32 Å². The van der Waals surface area contributed by atoms with Crippen LogP contribution in [0.15, 0.2) is 36.4 Å². The highest BCUT2D eigenvalue weighted by Crippen LogP contribution is 2.38. The number of rotatable bonds is 9. The summed E-state index contributed by atoms with van der Waals surface area (Å²) in [5.74, 6) is 1.68. The van der Waals surface area contributed by atoms with Crippen molar-refractivity contribution in [3.63, 3.8) is 0 Å². The fourth-order valence-electron chi connectivity index (χ4n) is 2.63. The molecule has 0 aliphatic heterocycles. The largest absolute Gasteiger partial charge is 0.493 e. The lowest BCUT2D eigenvalue weighted by molar-refractivity contribution is -0.121. The smallest absolute Gasteiger partial charge is 0.220 e. The van der Waals surface area contributed by atoms with Gasteiger partial charge in [-0.2, -0.15) is 0 Å². The Morgan fingerprint density at radius 2 is 1.58 bits per heavy atom. The third-order valence-electron chi connectivity index (χ3n) is 4.00. The molecule has 1 amide bonds. The van der Waals surface area contributed by atoms with Crippen LogP contribution in [-0.4, -0.2) is 27.2 Å². The molecule has 0 spiro atoms. The maximum Gasteiger partial charge on any atom is 0.220 e. The van der Waals surface area contributed by atoms with E-state index in [4.69, 9.17) is 25.8 Å². The zero-order valence-corrected chi connectivity index (χ0v) is 16.1. The van der Waals surface area contributed by atoms with Crippen LogP contribution in [-0.2, 0) is 17.8 Å². The lowest BCUT2D eigenvalue weighted by atomic mass is 10.1. The van der Waals surface area contributed by atoms with Crippen molar-refractivity contribution in [3.8, 4) is 17.2 Å². The summed E-state index contributed by atoms with van der Waals surface area (Å²) in [6.45, 7) is 0.399. The summed E-state index contributed by atoms with van der Waals surface area (Å²) in [7, 11) is 4.69. The van der Waals surface area contributed by atoms with Gasteiger partial charge in [0.05, 0.1) is 21.3 Å². The van der Waals surface area contributed by atoms with Crippen molar-refractivity contribution < 1.29 is 19.0 Å². The third-order valence-corrected chi connectivity index (χ3v) is 4.25. The van der Waals surface area contributed by atoms with Gasteiger partial charge in [0, 0.05) is 18.0 Å². The summed E-state index contributed by atoms with van der Waals surface area (Å²) in [6.07, 6.45) is 2.09. The molecule has 2 aromatic rings. The van der Waals surface area contributed by atoms with Crippen LogP contribution in [0.4, 0.5) is 0 Å². The average molecular weight is 378 g/mol. The van der Waals surface area contributed by atoms with Gasteiger partial charge in [-0.1, -0.05) is 23.7 Å². The molecule has 0 radical (unpaired) electrons. The summed E-state index contributed by atoms with van der Waals surface area (Å²) < 4.78 is 15.9. The van der Waals surface area contributed by atoms with Crippen molar-refractivity contribution in [2.45, 2.75) is 25.8 Å². The van der Waals surface area contributed by atoms with E-state index in [-0.39, 0.29) is 5.91 Å². The van der Waals surface area contributed by atoms with Crippen molar-refractivity contribution in [2.75, 3.05) is 21.3 Å². The summed E-state index contributed by atoms with van der Waals surface area (Å²) in [5.41, 5.74) is 2.05. The minimum absolute atomic E-state index is 0.00714. The van der Waals surface area contributed by atoms with Crippen LogP contribution >= 0.6 is 11.6 Å². The zero-order valence-electron chi connectivity index (χ0n) is 15.3. The fourth-order valence-corrected chi connectivity index (χ4v) is 2.76. The summed E-state index contributed by atoms with van der Waals surface area (Å²) in [6, 6.07) is 11.3. The Morgan fingerprint density at radius 3 is 2.12 bits per heavy atom. The molecule has 26 heavy (non-hydrogen) atoms. The van der Waals surface area contributed by atoms with Crippen molar-refractivity contribution >= 4 is 17.5 Å². The van der Waals surface area contributed by atoms with Crippen LogP contribution in [0.25, 0.3) is 0 Å². The van der Waals surface area contributed by atoms with Gasteiger partial charge >= 0.3 is 0 Å². The lowest BCUT2D eigenvalue weighted by Gasteiger charge is -2.14. The van der Waals surface area contributed by atoms with E-state index in [0.717, 1.165) is 23.4 Å². The van der Waals surface area contributed by atoms with E-state index < -0.39 is 0 Å². The zero-order chi connectivity index (χ0) is 18.9. The molecule has 140 valence electrons. The Morgan fingerprint density at radius 1 is 0.962 bits per heavy atom. The number of benzene rings is 2. The normalized spacial score (nSPS) is 10.3. The maximum absolute atomic E-state index is 12.1. The van der Waals surface area contributed by atoms with Crippen LogP contribution in [0, 0.1) is 0 Å². The highest BCUT2D eigenvalue weighted by atomic mass is 35.5. The van der Waals surface area contributed by atoms with Crippen molar-refractivity contribution in [1.29, 1.82) is 0 Å². The molecule has 0 atom stereocenters. The molecule has 0 saturated heterocycles. The Bertz CT molecular complexity index is 706. The lowest BCUT2D eigenvalue weighted by Crippen LogP contribution is -2.22. The molecule has 2 rings (SSSR count). The van der Waals surface area contributed by atoms with Gasteiger partial charge < -0.3 is 19.5 Å². The Balaban J connectivity index is 1.85. The number of hydrogen-bond donors (Lipinski definition) is 1. The second-order valence-electron chi connectivity index (χ2n) is 5.79. The molecule has 6 heteroatoms. The van der Waals surface area contributed by atoms with Gasteiger partial charge in [0.1, 0.15) is 0 Å². The fraction of sp³-hybridized carbons (Fsp3) is 0.350. The molecular weight excluding hydrogens is 354 g/mol. The molecule has 0 aromatic heterocycles. The molecule has 5 nitrogen and oxygen atoms in total. The highest BCUT2D eigenvalue weighted by Gasteiger charge is 2.13. The second-order valence-corrected chi connectivity index (χ2v) is 6.23. The maximum atomic E-state index is 12.1. The number of carbonyl (C=O) groups excluding carboxylic acids is 1. The molecule has 0 bridgehead atoms.